The Bertz CT molecular complexity index is 588. The number of amides is 1. The van der Waals surface area contributed by atoms with Gasteiger partial charge in [-0.05, 0) is 30.4 Å². The van der Waals surface area contributed by atoms with Crippen molar-refractivity contribution in [2.45, 2.75) is 38.6 Å². The third-order valence-electron chi connectivity index (χ3n) is 5.10. The molecule has 2 N–H and O–H groups in total. The highest BCUT2D eigenvalue weighted by Gasteiger charge is 2.49. The van der Waals surface area contributed by atoms with E-state index in [2.05, 4.69) is 13.8 Å². The SMILES string of the molecule is CC1(C)CN(C(=O)C2CC2c2c(F)cccc2Cl)CCC1N.Cl. The van der Waals surface area contributed by atoms with Gasteiger partial charge in [-0.3, -0.25) is 4.79 Å². The number of rotatable bonds is 2. The van der Waals surface area contributed by atoms with Gasteiger partial charge in [0.2, 0.25) is 5.91 Å². The fourth-order valence-electron chi connectivity index (χ4n) is 3.45. The molecule has 23 heavy (non-hydrogen) atoms. The first-order valence-electron chi connectivity index (χ1n) is 7.79. The monoisotopic (exact) mass is 360 g/mol. The zero-order valence-corrected chi connectivity index (χ0v) is 15.0. The van der Waals surface area contributed by atoms with E-state index in [-0.39, 0.29) is 47.4 Å². The highest BCUT2D eigenvalue weighted by atomic mass is 35.5. The van der Waals surface area contributed by atoms with Crippen LogP contribution >= 0.6 is 24.0 Å². The molecule has 0 radical (unpaired) electrons. The van der Waals surface area contributed by atoms with Crippen LogP contribution in [0.15, 0.2) is 18.2 Å². The van der Waals surface area contributed by atoms with Gasteiger partial charge in [0.05, 0.1) is 0 Å². The van der Waals surface area contributed by atoms with Crippen molar-refractivity contribution in [2.24, 2.45) is 17.1 Å². The minimum absolute atomic E-state index is 0. The molecule has 3 rings (SSSR count). The first-order valence-corrected chi connectivity index (χ1v) is 8.17. The van der Waals surface area contributed by atoms with E-state index >= 15 is 0 Å². The van der Waals surface area contributed by atoms with Crippen molar-refractivity contribution in [3.05, 3.63) is 34.6 Å². The average Bonchev–Trinajstić information content (AvgIpc) is 3.21. The molecular formula is C17H23Cl2FN2O. The van der Waals surface area contributed by atoms with Gasteiger partial charge in [-0.25, -0.2) is 4.39 Å². The zero-order chi connectivity index (χ0) is 16.1. The van der Waals surface area contributed by atoms with Gasteiger partial charge in [-0.2, -0.15) is 0 Å². The second kappa shape index (κ2) is 6.58. The Morgan fingerprint density at radius 3 is 2.74 bits per heavy atom. The number of carbonyl (C=O) groups is 1. The molecule has 3 nitrogen and oxygen atoms in total. The summed E-state index contributed by atoms with van der Waals surface area (Å²) in [7, 11) is 0. The maximum Gasteiger partial charge on any atom is 0.226 e. The molecule has 1 aromatic rings. The summed E-state index contributed by atoms with van der Waals surface area (Å²) in [5.74, 6) is -0.419. The number of hydrogen-bond donors (Lipinski definition) is 1. The lowest BCUT2D eigenvalue weighted by Crippen LogP contribution is -2.54. The van der Waals surface area contributed by atoms with Crippen LogP contribution in [0.1, 0.15) is 38.2 Å². The molecule has 1 aliphatic heterocycles. The molecule has 3 atom stereocenters. The molecule has 1 saturated heterocycles. The van der Waals surface area contributed by atoms with Gasteiger partial charge in [0.1, 0.15) is 5.82 Å². The zero-order valence-electron chi connectivity index (χ0n) is 13.4. The quantitative estimate of drug-likeness (QED) is 0.875. The van der Waals surface area contributed by atoms with Gasteiger partial charge in [-0.1, -0.05) is 31.5 Å². The lowest BCUT2D eigenvalue weighted by molar-refractivity contribution is -0.136. The van der Waals surface area contributed by atoms with E-state index in [1.807, 2.05) is 4.90 Å². The number of nitrogens with two attached hydrogens (primary N) is 1. The van der Waals surface area contributed by atoms with E-state index in [0.29, 0.717) is 30.1 Å². The van der Waals surface area contributed by atoms with Crippen LogP contribution in [0.2, 0.25) is 5.02 Å². The Labute approximate surface area is 147 Å². The summed E-state index contributed by atoms with van der Waals surface area (Å²) in [4.78, 5) is 14.6. The lowest BCUT2D eigenvalue weighted by atomic mass is 9.79. The fourth-order valence-corrected chi connectivity index (χ4v) is 3.75. The summed E-state index contributed by atoms with van der Waals surface area (Å²) in [5.41, 5.74) is 6.54. The van der Waals surface area contributed by atoms with Gasteiger partial charge in [0.25, 0.3) is 0 Å². The van der Waals surface area contributed by atoms with Crippen molar-refractivity contribution in [3.63, 3.8) is 0 Å². The van der Waals surface area contributed by atoms with Gasteiger partial charge in [-0.15, -0.1) is 12.4 Å². The highest BCUT2D eigenvalue weighted by molar-refractivity contribution is 6.31. The van der Waals surface area contributed by atoms with Gasteiger partial charge >= 0.3 is 0 Å². The molecule has 1 heterocycles. The van der Waals surface area contributed by atoms with Crippen LogP contribution in [-0.2, 0) is 4.79 Å². The first-order chi connectivity index (χ1) is 10.3. The molecule has 0 spiro atoms. The molecule has 1 aliphatic carbocycles. The van der Waals surface area contributed by atoms with Crippen LogP contribution in [-0.4, -0.2) is 29.9 Å². The van der Waals surface area contributed by atoms with Crippen molar-refractivity contribution >= 4 is 29.9 Å². The van der Waals surface area contributed by atoms with Crippen molar-refractivity contribution in [3.8, 4) is 0 Å². The summed E-state index contributed by atoms with van der Waals surface area (Å²) >= 11 is 6.10. The summed E-state index contributed by atoms with van der Waals surface area (Å²) in [6.45, 7) is 5.54. The molecule has 128 valence electrons. The van der Waals surface area contributed by atoms with E-state index in [4.69, 9.17) is 17.3 Å². The standard InChI is InChI=1S/C17H22ClFN2O.ClH/c1-17(2)9-21(7-6-14(17)20)16(22)11-8-10(11)15-12(18)4-3-5-13(15)19;/h3-5,10-11,14H,6-9,20H2,1-2H3;1H. The van der Waals surface area contributed by atoms with E-state index in [1.165, 1.54) is 6.07 Å². The number of benzene rings is 1. The number of piperidine rings is 1. The molecule has 1 amide bonds. The van der Waals surface area contributed by atoms with Crippen LogP contribution < -0.4 is 5.73 Å². The molecule has 2 aliphatic rings. The summed E-state index contributed by atoms with van der Waals surface area (Å²) in [5, 5.41) is 0.418. The molecular weight excluding hydrogens is 338 g/mol. The van der Waals surface area contributed by atoms with Gasteiger partial charge in [0.15, 0.2) is 0 Å². The summed E-state index contributed by atoms with van der Waals surface area (Å²) in [6, 6.07) is 4.80. The minimum Gasteiger partial charge on any atom is -0.342 e. The van der Waals surface area contributed by atoms with E-state index in [9.17, 15) is 9.18 Å². The number of carbonyl (C=O) groups excluding carboxylic acids is 1. The van der Waals surface area contributed by atoms with Crippen molar-refractivity contribution in [1.29, 1.82) is 0 Å². The summed E-state index contributed by atoms with van der Waals surface area (Å²) in [6.07, 6.45) is 1.50. The molecule has 3 unspecified atom stereocenters. The van der Waals surface area contributed by atoms with Crippen molar-refractivity contribution < 1.29 is 9.18 Å². The smallest absolute Gasteiger partial charge is 0.226 e. The molecule has 1 aromatic carbocycles. The second-order valence-electron chi connectivity index (χ2n) is 7.23. The Morgan fingerprint density at radius 2 is 2.13 bits per heavy atom. The average molecular weight is 361 g/mol. The molecule has 0 bridgehead atoms. The summed E-state index contributed by atoms with van der Waals surface area (Å²) < 4.78 is 14.0. The van der Waals surface area contributed by atoms with Crippen molar-refractivity contribution in [2.75, 3.05) is 13.1 Å². The fraction of sp³-hybridized carbons (Fsp3) is 0.588. The van der Waals surface area contributed by atoms with Crippen LogP contribution in [0, 0.1) is 17.2 Å². The van der Waals surface area contributed by atoms with Crippen LogP contribution in [0.3, 0.4) is 0 Å². The third-order valence-corrected chi connectivity index (χ3v) is 5.43. The Balaban J connectivity index is 0.00000192. The van der Waals surface area contributed by atoms with Crippen LogP contribution in [0.4, 0.5) is 4.39 Å². The Kier molecular flexibility index (Phi) is 5.29. The number of nitrogens with zero attached hydrogens (tertiary/aromatic N) is 1. The number of hydrogen-bond acceptors (Lipinski definition) is 2. The predicted octanol–water partition coefficient (Wildman–Crippen LogP) is 3.59. The number of likely N-dealkylation sites (tertiary alicyclic amines) is 1. The van der Waals surface area contributed by atoms with Crippen molar-refractivity contribution in [1.82, 2.24) is 4.90 Å². The maximum atomic E-state index is 14.0. The molecule has 0 aromatic heterocycles. The minimum atomic E-state index is -0.311. The lowest BCUT2D eigenvalue weighted by Gasteiger charge is -2.42. The van der Waals surface area contributed by atoms with Gasteiger partial charge < -0.3 is 10.6 Å². The second-order valence-corrected chi connectivity index (χ2v) is 7.63. The maximum absolute atomic E-state index is 14.0. The van der Waals surface area contributed by atoms with E-state index in [1.54, 1.807) is 12.1 Å². The molecule has 6 heteroatoms. The topological polar surface area (TPSA) is 46.3 Å². The molecule has 2 fully saturated rings. The third kappa shape index (κ3) is 3.49. The Morgan fingerprint density at radius 1 is 1.43 bits per heavy atom. The Hall–Kier alpha value is -0.840. The highest BCUT2D eigenvalue weighted by Crippen LogP contribution is 2.51. The first kappa shape index (κ1) is 18.5. The van der Waals surface area contributed by atoms with Gasteiger partial charge in [0, 0.05) is 41.6 Å². The number of halogens is 3. The normalized spacial score (nSPS) is 28.9. The van der Waals surface area contributed by atoms with E-state index in [0.717, 1.165) is 6.42 Å². The molecule has 1 saturated carbocycles. The van der Waals surface area contributed by atoms with E-state index < -0.39 is 0 Å². The predicted molar refractivity (Wildman–Crippen MR) is 92.5 cm³/mol. The largest absolute Gasteiger partial charge is 0.342 e. The van der Waals surface area contributed by atoms with Crippen LogP contribution in [0.5, 0.6) is 0 Å². The van der Waals surface area contributed by atoms with Crippen LogP contribution in [0.25, 0.3) is 0 Å².